The minimum Gasteiger partial charge on any atom is -0.467 e. The van der Waals surface area contributed by atoms with Crippen LogP contribution in [0.15, 0.2) is 60.8 Å². The predicted molar refractivity (Wildman–Crippen MR) is 110 cm³/mol. The number of esters is 1. The summed E-state index contributed by atoms with van der Waals surface area (Å²) in [4.78, 5) is 25.4. The number of hydrogen-bond donors (Lipinski definition) is 1. The number of para-hydroxylation sites is 1. The third-order valence-corrected chi connectivity index (χ3v) is 5.00. The molecule has 0 aliphatic heterocycles. The summed E-state index contributed by atoms with van der Waals surface area (Å²) in [5.41, 5.74) is 1.63. The maximum atomic E-state index is 13.1. The number of benzene rings is 2. The number of carbonyl (C=O) groups is 2. The lowest BCUT2D eigenvalue weighted by molar-refractivity contribution is -0.147. The first-order valence-corrected chi connectivity index (χ1v) is 9.51. The summed E-state index contributed by atoms with van der Waals surface area (Å²) >= 11 is 0. The number of aromatic nitrogens is 1. The number of carbonyl (C=O) groups excluding carboxylic acids is 2. The van der Waals surface area contributed by atoms with Gasteiger partial charge in [0.2, 0.25) is 0 Å². The second kappa shape index (κ2) is 8.30. The molecule has 0 fully saturated rings. The van der Waals surface area contributed by atoms with Crippen LogP contribution in [0.1, 0.15) is 42.6 Å². The van der Waals surface area contributed by atoms with Gasteiger partial charge in [0.1, 0.15) is 5.54 Å². The number of ether oxygens (including phenoxy) is 1. The number of methoxy groups -OCH3 is 1. The molecule has 0 saturated heterocycles. The highest BCUT2D eigenvalue weighted by Crippen LogP contribution is 2.24. The van der Waals surface area contributed by atoms with Gasteiger partial charge in [0.15, 0.2) is 0 Å². The third kappa shape index (κ3) is 3.93. The van der Waals surface area contributed by atoms with E-state index in [9.17, 15) is 9.59 Å². The van der Waals surface area contributed by atoms with Crippen molar-refractivity contribution >= 4 is 22.8 Å². The minimum absolute atomic E-state index is 0.274. The highest BCUT2D eigenvalue weighted by Gasteiger charge is 2.36. The molecule has 5 nitrogen and oxygen atoms in total. The molecule has 3 aromatic rings. The Morgan fingerprint density at radius 3 is 2.43 bits per heavy atom. The van der Waals surface area contributed by atoms with Gasteiger partial charge in [-0.25, -0.2) is 4.79 Å². The smallest absolute Gasteiger partial charge is 0.331 e. The zero-order chi connectivity index (χ0) is 20.1. The molecular formula is C23H26N2O3. The summed E-state index contributed by atoms with van der Waals surface area (Å²) in [6.45, 7) is 4.35. The van der Waals surface area contributed by atoms with Crippen LogP contribution in [0.5, 0.6) is 0 Å². The van der Waals surface area contributed by atoms with Crippen LogP contribution in [0, 0.1) is 0 Å². The first-order valence-electron chi connectivity index (χ1n) is 9.51. The number of fused-ring (bicyclic) bond motifs is 1. The van der Waals surface area contributed by atoms with Crippen LogP contribution in [0.3, 0.4) is 0 Å². The summed E-state index contributed by atoms with van der Waals surface area (Å²) in [5.74, 6) is -0.708. The number of nitrogens with zero attached hydrogens (tertiary/aromatic N) is 1. The van der Waals surface area contributed by atoms with E-state index in [0.717, 1.165) is 22.9 Å². The number of rotatable bonds is 7. The fourth-order valence-corrected chi connectivity index (χ4v) is 3.60. The van der Waals surface area contributed by atoms with Crippen LogP contribution < -0.4 is 5.32 Å². The predicted octanol–water partition coefficient (Wildman–Crippen LogP) is 4.15. The number of hydrogen-bond acceptors (Lipinski definition) is 3. The lowest BCUT2D eigenvalue weighted by Gasteiger charge is -2.27. The van der Waals surface area contributed by atoms with E-state index in [0.29, 0.717) is 18.5 Å². The van der Waals surface area contributed by atoms with Gasteiger partial charge in [0.25, 0.3) is 5.91 Å². The fourth-order valence-electron chi connectivity index (χ4n) is 3.60. The highest BCUT2D eigenvalue weighted by molar-refractivity contribution is 6.08. The average molecular weight is 378 g/mol. The Morgan fingerprint density at radius 2 is 1.75 bits per heavy atom. The van der Waals surface area contributed by atoms with Crippen LogP contribution in [-0.4, -0.2) is 29.1 Å². The van der Waals surface area contributed by atoms with E-state index in [1.165, 1.54) is 7.11 Å². The van der Waals surface area contributed by atoms with Crippen LogP contribution in [-0.2, 0) is 16.1 Å². The quantitative estimate of drug-likeness (QED) is 0.628. The zero-order valence-corrected chi connectivity index (χ0v) is 16.6. The average Bonchev–Trinajstić information content (AvgIpc) is 3.07. The highest BCUT2D eigenvalue weighted by atomic mass is 16.5. The molecule has 1 unspecified atom stereocenters. The second-order valence-electron chi connectivity index (χ2n) is 7.20. The summed E-state index contributed by atoms with van der Waals surface area (Å²) in [6, 6.07) is 17.9. The molecule has 2 aromatic carbocycles. The van der Waals surface area contributed by atoms with Crippen molar-refractivity contribution in [2.75, 3.05) is 7.11 Å². The van der Waals surface area contributed by atoms with Gasteiger partial charge >= 0.3 is 5.97 Å². The van der Waals surface area contributed by atoms with Crippen LogP contribution in [0.25, 0.3) is 10.9 Å². The van der Waals surface area contributed by atoms with Gasteiger partial charge < -0.3 is 14.6 Å². The van der Waals surface area contributed by atoms with E-state index < -0.39 is 11.5 Å². The van der Waals surface area contributed by atoms with Crippen LogP contribution in [0.2, 0.25) is 0 Å². The molecule has 0 aliphatic carbocycles. The molecule has 5 heteroatoms. The number of amides is 1. The number of nitrogens with one attached hydrogen (secondary N) is 1. The Labute approximate surface area is 165 Å². The van der Waals surface area contributed by atoms with Crippen molar-refractivity contribution < 1.29 is 14.3 Å². The van der Waals surface area contributed by atoms with Crippen molar-refractivity contribution in [2.24, 2.45) is 0 Å². The van der Waals surface area contributed by atoms with Crippen molar-refractivity contribution in [3.63, 3.8) is 0 Å². The van der Waals surface area contributed by atoms with Crippen molar-refractivity contribution in [2.45, 2.75) is 38.8 Å². The Morgan fingerprint density at radius 1 is 1.07 bits per heavy atom. The summed E-state index contributed by atoms with van der Waals surface area (Å²) in [7, 11) is 1.34. The van der Waals surface area contributed by atoms with Crippen molar-refractivity contribution in [1.29, 1.82) is 0 Å². The van der Waals surface area contributed by atoms with Gasteiger partial charge in [0.05, 0.1) is 12.7 Å². The summed E-state index contributed by atoms with van der Waals surface area (Å²) < 4.78 is 6.98. The molecule has 0 radical (unpaired) electrons. The van der Waals surface area contributed by atoms with E-state index >= 15 is 0 Å². The largest absolute Gasteiger partial charge is 0.467 e. The van der Waals surface area contributed by atoms with Gasteiger partial charge in [-0.2, -0.15) is 0 Å². The molecule has 3 rings (SSSR count). The maximum absolute atomic E-state index is 13.1. The van der Waals surface area contributed by atoms with E-state index in [1.807, 2.05) is 55.6 Å². The monoisotopic (exact) mass is 378 g/mol. The lowest BCUT2D eigenvalue weighted by atomic mass is 9.95. The standard InChI is InChI=1S/C23H26N2O3/c1-4-14-23(2,22(27)28-3)24-21(26)19-16-25(15-17-10-6-5-7-11-17)20-13-9-8-12-18(19)20/h5-13,16H,4,14-15H2,1-3H3,(H,24,26). The molecule has 0 saturated carbocycles. The van der Waals surface area contributed by atoms with Crippen molar-refractivity contribution in [1.82, 2.24) is 9.88 Å². The van der Waals surface area contributed by atoms with E-state index in [2.05, 4.69) is 22.0 Å². The molecule has 1 atom stereocenters. The van der Waals surface area contributed by atoms with Gasteiger partial charge in [-0.05, 0) is 25.0 Å². The van der Waals surface area contributed by atoms with Crippen molar-refractivity contribution in [3.8, 4) is 0 Å². The van der Waals surface area contributed by atoms with Crippen molar-refractivity contribution in [3.05, 3.63) is 71.9 Å². The molecule has 1 N–H and O–H groups in total. The molecule has 1 amide bonds. The SMILES string of the molecule is CCCC(C)(NC(=O)c1cn(Cc2ccccc2)c2ccccc12)C(=O)OC. The third-order valence-electron chi connectivity index (χ3n) is 5.00. The van der Waals surface area contributed by atoms with Gasteiger partial charge in [-0.1, -0.05) is 61.9 Å². The Bertz CT molecular complexity index is 978. The lowest BCUT2D eigenvalue weighted by Crippen LogP contribution is -2.52. The maximum Gasteiger partial charge on any atom is 0.331 e. The molecule has 1 heterocycles. The first kappa shape index (κ1) is 19.7. The molecule has 1 aromatic heterocycles. The molecule has 0 aliphatic rings. The molecule has 0 spiro atoms. The minimum atomic E-state index is -1.05. The molecule has 0 bridgehead atoms. The zero-order valence-electron chi connectivity index (χ0n) is 16.6. The van der Waals surface area contributed by atoms with Gasteiger partial charge in [-0.15, -0.1) is 0 Å². The normalized spacial score (nSPS) is 13.1. The van der Waals surface area contributed by atoms with E-state index in [4.69, 9.17) is 4.74 Å². The van der Waals surface area contributed by atoms with Crippen LogP contribution >= 0.6 is 0 Å². The van der Waals surface area contributed by atoms with Gasteiger partial charge in [0, 0.05) is 23.6 Å². The Balaban J connectivity index is 1.96. The first-order chi connectivity index (χ1) is 13.5. The van der Waals surface area contributed by atoms with Crippen LogP contribution in [0.4, 0.5) is 0 Å². The summed E-state index contributed by atoms with van der Waals surface area (Å²) in [6.07, 6.45) is 3.12. The van der Waals surface area contributed by atoms with E-state index in [-0.39, 0.29) is 5.91 Å². The van der Waals surface area contributed by atoms with E-state index in [1.54, 1.807) is 6.92 Å². The topological polar surface area (TPSA) is 60.3 Å². The second-order valence-corrected chi connectivity index (χ2v) is 7.20. The Hall–Kier alpha value is -3.08. The van der Waals surface area contributed by atoms with Gasteiger partial charge in [-0.3, -0.25) is 4.79 Å². The molecule has 146 valence electrons. The molecule has 28 heavy (non-hydrogen) atoms. The molecular weight excluding hydrogens is 352 g/mol. The fraction of sp³-hybridized carbons (Fsp3) is 0.304. The Kier molecular flexibility index (Phi) is 5.83. The summed E-state index contributed by atoms with van der Waals surface area (Å²) in [5, 5.41) is 3.76.